The molecule has 1 atom stereocenters. The summed E-state index contributed by atoms with van der Waals surface area (Å²) in [5.41, 5.74) is 1.29. The molecule has 3 heterocycles. The van der Waals surface area contributed by atoms with Crippen LogP contribution in [0.25, 0.3) is 0 Å². The molecule has 0 saturated carbocycles. The maximum absolute atomic E-state index is 5.47. The van der Waals surface area contributed by atoms with Gasteiger partial charge in [0.1, 0.15) is 0 Å². The van der Waals surface area contributed by atoms with E-state index in [0.29, 0.717) is 12.1 Å². The number of hydrogen-bond donors (Lipinski definition) is 1. The second kappa shape index (κ2) is 5.19. The number of hydrogen-bond acceptors (Lipinski definition) is 3. The zero-order valence-corrected chi connectivity index (χ0v) is 10.3. The average Bonchev–Trinajstić information content (AvgIpc) is 2.94. The Bertz CT molecular complexity index is 332. The number of nitrogens with one attached hydrogen (secondary N) is 1. The molecule has 2 aliphatic rings. The van der Waals surface area contributed by atoms with Crippen molar-refractivity contribution in [1.82, 2.24) is 15.1 Å². The summed E-state index contributed by atoms with van der Waals surface area (Å²) in [4.78, 5) is 2.68. The molecule has 0 aromatic carbocycles. The molecule has 94 valence electrons. The van der Waals surface area contributed by atoms with E-state index in [9.17, 15) is 0 Å². The number of piperidine rings is 1. The Morgan fingerprint density at radius 2 is 2.12 bits per heavy atom. The summed E-state index contributed by atoms with van der Waals surface area (Å²) in [7, 11) is 0. The van der Waals surface area contributed by atoms with Crippen LogP contribution >= 0.6 is 0 Å². The lowest BCUT2D eigenvalue weighted by Crippen LogP contribution is -2.44. The lowest BCUT2D eigenvalue weighted by molar-refractivity contribution is 0.00316. The van der Waals surface area contributed by atoms with Gasteiger partial charge in [-0.25, -0.2) is 0 Å². The Labute approximate surface area is 102 Å². The third-order valence-electron chi connectivity index (χ3n) is 4.09. The van der Waals surface area contributed by atoms with E-state index in [2.05, 4.69) is 21.2 Å². The molecule has 0 amide bonds. The van der Waals surface area contributed by atoms with Gasteiger partial charge in [0.25, 0.3) is 0 Å². The van der Waals surface area contributed by atoms with Gasteiger partial charge in [-0.1, -0.05) is 6.42 Å². The highest BCUT2D eigenvalue weighted by molar-refractivity contribution is 5.07. The molecule has 1 aromatic rings. The van der Waals surface area contributed by atoms with E-state index in [1.807, 2.05) is 6.20 Å². The molecule has 1 N–H and O–H groups in total. The minimum atomic E-state index is 0.550. The van der Waals surface area contributed by atoms with Gasteiger partial charge < -0.3 is 4.74 Å². The molecule has 0 aliphatic carbocycles. The van der Waals surface area contributed by atoms with Gasteiger partial charge in [-0.3, -0.25) is 10.00 Å². The molecule has 3 rings (SSSR count). The summed E-state index contributed by atoms with van der Waals surface area (Å²) in [5.74, 6) is 0. The van der Waals surface area contributed by atoms with Crippen LogP contribution in [0.1, 0.15) is 43.8 Å². The van der Waals surface area contributed by atoms with Crippen LogP contribution < -0.4 is 0 Å². The Hall–Kier alpha value is -0.870. The van der Waals surface area contributed by atoms with E-state index in [0.717, 1.165) is 13.2 Å². The lowest BCUT2D eigenvalue weighted by atomic mass is 9.94. The van der Waals surface area contributed by atoms with E-state index < -0.39 is 0 Å². The Kier molecular flexibility index (Phi) is 3.43. The van der Waals surface area contributed by atoms with Crippen LogP contribution in [0.2, 0.25) is 0 Å². The summed E-state index contributed by atoms with van der Waals surface area (Å²) in [6.07, 6.45) is 8.17. The number of aromatic amines is 1. The van der Waals surface area contributed by atoms with Crippen molar-refractivity contribution >= 4 is 0 Å². The topological polar surface area (TPSA) is 41.1 Å². The van der Waals surface area contributed by atoms with Crippen LogP contribution in [-0.4, -0.2) is 40.9 Å². The summed E-state index contributed by atoms with van der Waals surface area (Å²) in [5, 5.41) is 7.25. The number of rotatable bonds is 2. The van der Waals surface area contributed by atoms with Crippen molar-refractivity contribution in [3.8, 4) is 0 Å². The highest BCUT2D eigenvalue weighted by Gasteiger charge is 2.31. The maximum Gasteiger partial charge on any atom is 0.0523 e. The Morgan fingerprint density at radius 3 is 2.88 bits per heavy atom. The minimum absolute atomic E-state index is 0.550. The van der Waals surface area contributed by atoms with Crippen LogP contribution in [0.4, 0.5) is 0 Å². The summed E-state index contributed by atoms with van der Waals surface area (Å²) in [6, 6.07) is 3.38. The van der Waals surface area contributed by atoms with Crippen molar-refractivity contribution in [3.05, 3.63) is 18.0 Å². The molecule has 4 heteroatoms. The van der Waals surface area contributed by atoms with E-state index in [-0.39, 0.29) is 0 Å². The van der Waals surface area contributed by atoms with E-state index in [4.69, 9.17) is 4.74 Å². The zero-order chi connectivity index (χ0) is 11.5. The number of likely N-dealkylation sites (tertiary alicyclic amines) is 1. The molecule has 2 saturated heterocycles. The SMILES string of the molecule is c1cc([C@@H]2CCCCN2C2CCOCC2)[nH]n1. The molecule has 0 radical (unpaired) electrons. The molecule has 2 fully saturated rings. The second-order valence-electron chi connectivity index (χ2n) is 5.10. The Balaban J connectivity index is 1.75. The largest absolute Gasteiger partial charge is 0.381 e. The van der Waals surface area contributed by atoms with Crippen molar-refractivity contribution in [2.45, 2.75) is 44.2 Å². The van der Waals surface area contributed by atoms with E-state index >= 15 is 0 Å². The molecule has 0 unspecified atom stereocenters. The predicted molar refractivity (Wildman–Crippen MR) is 65.7 cm³/mol. The fourth-order valence-corrected chi connectivity index (χ4v) is 3.19. The van der Waals surface area contributed by atoms with Crippen molar-refractivity contribution < 1.29 is 4.74 Å². The predicted octanol–water partition coefficient (Wildman–Crippen LogP) is 2.12. The van der Waals surface area contributed by atoms with Crippen LogP contribution in [0.15, 0.2) is 12.3 Å². The van der Waals surface area contributed by atoms with Gasteiger partial charge in [0, 0.05) is 25.5 Å². The number of nitrogens with zero attached hydrogens (tertiary/aromatic N) is 2. The van der Waals surface area contributed by atoms with Crippen LogP contribution in [0.3, 0.4) is 0 Å². The fraction of sp³-hybridized carbons (Fsp3) is 0.769. The smallest absolute Gasteiger partial charge is 0.0523 e. The standard InChI is InChI=1S/C13H21N3O/c1-2-8-16(11-5-9-17-10-6-11)13(3-1)12-4-7-14-15-12/h4,7,11,13H,1-3,5-6,8-10H2,(H,14,15)/t13-/m0/s1. The normalized spacial score (nSPS) is 28.4. The molecule has 17 heavy (non-hydrogen) atoms. The molecule has 4 nitrogen and oxygen atoms in total. The maximum atomic E-state index is 5.47. The first-order valence-corrected chi connectivity index (χ1v) is 6.78. The third-order valence-corrected chi connectivity index (χ3v) is 4.09. The monoisotopic (exact) mass is 235 g/mol. The molecule has 0 bridgehead atoms. The molecular formula is C13H21N3O. The van der Waals surface area contributed by atoms with Crippen LogP contribution in [-0.2, 0) is 4.74 Å². The average molecular weight is 235 g/mol. The van der Waals surface area contributed by atoms with Gasteiger partial charge in [-0.15, -0.1) is 0 Å². The quantitative estimate of drug-likeness (QED) is 0.853. The highest BCUT2D eigenvalue weighted by Crippen LogP contribution is 2.33. The van der Waals surface area contributed by atoms with Gasteiger partial charge in [0.05, 0.1) is 11.7 Å². The van der Waals surface area contributed by atoms with Crippen LogP contribution in [0, 0.1) is 0 Å². The first kappa shape index (κ1) is 11.2. The number of H-pyrrole nitrogens is 1. The van der Waals surface area contributed by atoms with E-state index in [1.54, 1.807) is 0 Å². The molecule has 1 aromatic heterocycles. The Morgan fingerprint density at radius 1 is 1.24 bits per heavy atom. The summed E-state index contributed by atoms with van der Waals surface area (Å²) >= 11 is 0. The second-order valence-corrected chi connectivity index (χ2v) is 5.10. The van der Waals surface area contributed by atoms with Crippen molar-refractivity contribution in [3.63, 3.8) is 0 Å². The molecular weight excluding hydrogens is 214 g/mol. The number of ether oxygens (including phenoxy) is 1. The van der Waals surface area contributed by atoms with Gasteiger partial charge in [0.15, 0.2) is 0 Å². The molecule has 0 spiro atoms. The number of aromatic nitrogens is 2. The fourth-order valence-electron chi connectivity index (χ4n) is 3.19. The van der Waals surface area contributed by atoms with Gasteiger partial charge in [-0.05, 0) is 38.3 Å². The van der Waals surface area contributed by atoms with Crippen molar-refractivity contribution in [2.75, 3.05) is 19.8 Å². The summed E-state index contributed by atoms with van der Waals surface area (Å²) in [6.45, 7) is 3.09. The van der Waals surface area contributed by atoms with Gasteiger partial charge in [0.2, 0.25) is 0 Å². The first-order chi connectivity index (χ1) is 8.45. The minimum Gasteiger partial charge on any atom is -0.381 e. The third kappa shape index (κ3) is 2.38. The van der Waals surface area contributed by atoms with E-state index in [1.165, 1.54) is 44.3 Å². The first-order valence-electron chi connectivity index (χ1n) is 6.78. The zero-order valence-electron chi connectivity index (χ0n) is 10.3. The van der Waals surface area contributed by atoms with Gasteiger partial charge >= 0.3 is 0 Å². The van der Waals surface area contributed by atoms with Crippen molar-refractivity contribution in [2.24, 2.45) is 0 Å². The van der Waals surface area contributed by atoms with Crippen LogP contribution in [0.5, 0.6) is 0 Å². The van der Waals surface area contributed by atoms with Crippen molar-refractivity contribution in [1.29, 1.82) is 0 Å². The van der Waals surface area contributed by atoms with Gasteiger partial charge in [-0.2, -0.15) is 5.10 Å². The molecule has 2 aliphatic heterocycles. The summed E-state index contributed by atoms with van der Waals surface area (Å²) < 4.78 is 5.47. The highest BCUT2D eigenvalue weighted by atomic mass is 16.5. The lowest BCUT2D eigenvalue weighted by Gasteiger charge is -2.42.